The maximum absolute atomic E-state index is 14.2. The second-order valence-electron chi connectivity index (χ2n) is 7.61. The summed E-state index contributed by atoms with van der Waals surface area (Å²) in [5.41, 5.74) is 3.39. The third kappa shape index (κ3) is 5.06. The Kier molecular flexibility index (Phi) is 6.35. The largest absolute Gasteiger partial charge is 0.356 e. The summed E-state index contributed by atoms with van der Waals surface area (Å²) in [6.07, 6.45) is 1.64. The first kappa shape index (κ1) is 21.4. The van der Waals surface area contributed by atoms with E-state index in [-0.39, 0.29) is 18.9 Å². The van der Waals surface area contributed by atoms with Gasteiger partial charge >= 0.3 is 0 Å². The zero-order chi connectivity index (χ0) is 22.5. The molecule has 2 aromatic carbocycles. The van der Waals surface area contributed by atoms with Crippen molar-refractivity contribution in [2.45, 2.75) is 33.4 Å². The minimum absolute atomic E-state index is 0.0413. The van der Waals surface area contributed by atoms with E-state index < -0.39 is 5.82 Å². The van der Waals surface area contributed by atoms with E-state index in [0.29, 0.717) is 35.0 Å². The van der Waals surface area contributed by atoms with Gasteiger partial charge in [0.05, 0.1) is 29.9 Å². The molecular weight excluding hydrogens is 407 g/mol. The molecule has 32 heavy (non-hydrogen) atoms. The van der Waals surface area contributed by atoms with Crippen molar-refractivity contribution in [3.8, 4) is 11.3 Å². The highest BCUT2D eigenvalue weighted by Gasteiger charge is 2.21. The lowest BCUT2D eigenvalue weighted by Crippen LogP contribution is -2.32. The van der Waals surface area contributed by atoms with Crippen LogP contribution in [0.1, 0.15) is 28.3 Å². The fourth-order valence-electron chi connectivity index (χ4n) is 3.47. The highest BCUT2D eigenvalue weighted by molar-refractivity contribution is 5.79. The van der Waals surface area contributed by atoms with E-state index in [1.807, 2.05) is 37.3 Å². The van der Waals surface area contributed by atoms with Crippen molar-refractivity contribution in [3.05, 3.63) is 101 Å². The lowest BCUT2D eigenvalue weighted by atomic mass is 10.1. The second-order valence-corrected chi connectivity index (χ2v) is 7.61. The first-order valence-electron chi connectivity index (χ1n) is 10.3. The Balaban J connectivity index is 1.67. The Labute approximate surface area is 185 Å². The number of nitrogens with zero attached hydrogens (tertiary/aromatic N) is 4. The molecule has 0 bridgehead atoms. The Bertz CT molecular complexity index is 1220. The van der Waals surface area contributed by atoms with Crippen LogP contribution in [0.25, 0.3) is 11.3 Å². The minimum Gasteiger partial charge on any atom is -0.356 e. The summed E-state index contributed by atoms with van der Waals surface area (Å²) in [4.78, 5) is 23.8. The second kappa shape index (κ2) is 9.51. The van der Waals surface area contributed by atoms with Crippen molar-refractivity contribution in [1.82, 2.24) is 20.0 Å². The number of hydrogen-bond acceptors (Lipinski definition) is 5. The van der Waals surface area contributed by atoms with Gasteiger partial charge in [0, 0.05) is 18.8 Å². The van der Waals surface area contributed by atoms with E-state index in [4.69, 9.17) is 4.52 Å². The number of hydrogen-bond donors (Lipinski definition) is 0. The van der Waals surface area contributed by atoms with E-state index >= 15 is 0 Å². The van der Waals surface area contributed by atoms with Crippen LogP contribution in [0.5, 0.6) is 0 Å². The topological polar surface area (TPSA) is 72.1 Å². The van der Waals surface area contributed by atoms with Gasteiger partial charge in [-0.1, -0.05) is 53.7 Å². The molecule has 4 rings (SSSR count). The SMILES string of the molecule is Cc1cc(-c2cnc(C)nc2CN(Cc2ccccc2)C(=O)Cc2ccccc2F)on1. The molecule has 1 amide bonds. The number of amides is 1. The van der Waals surface area contributed by atoms with Crippen molar-refractivity contribution < 1.29 is 13.7 Å². The monoisotopic (exact) mass is 430 g/mol. The number of carbonyl (C=O) groups is 1. The average Bonchev–Trinajstić information content (AvgIpc) is 3.21. The number of rotatable bonds is 7. The fourth-order valence-corrected chi connectivity index (χ4v) is 3.47. The van der Waals surface area contributed by atoms with Crippen LogP contribution in [0, 0.1) is 19.7 Å². The molecule has 2 aromatic heterocycles. The Morgan fingerprint density at radius 2 is 1.78 bits per heavy atom. The third-order valence-electron chi connectivity index (χ3n) is 5.09. The molecule has 0 spiro atoms. The van der Waals surface area contributed by atoms with E-state index in [2.05, 4.69) is 15.1 Å². The quantitative estimate of drug-likeness (QED) is 0.426. The molecule has 0 N–H and O–H groups in total. The van der Waals surface area contributed by atoms with Gasteiger partial charge in [-0.05, 0) is 31.0 Å². The van der Waals surface area contributed by atoms with Gasteiger partial charge in [-0.25, -0.2) is 14.4 Å². The number of halogens is 1. The van der Waals surface area contributed by atoms with Crippen molar-refractivity contribution in [2.75, 3.05) is 0 Å². The van der Waals surface area contributed by atoms with Gasteiger partial charge in [0.25, 0.3) is 0 Å². The molecule has 0 fully saturated rings. The smallest absolute Gasteiger partial charge is 0.227 e. The first-order chi connectivity index (χ1) is 15.5. The van der Waals surface area contributed by atoms with Gasteiger partial charge in [-0.3, -0.25) is 4.79 Å². The van der Waals surface area contributed by atoms with E-state index in [9.17, 15) is 9.18 Å². The maximum Gasteiger partial charge on any atom is 0.227 e. The molecule has 0 unspecified atom stereocenters. The van der Waals surface area contributed by atoms with Crippen molar-refractivity contribution in [1.29, 1.82) is 0 Å². The predicted octanol–water partition coefficient (Wildman–Crippen LogP) is 4.66. The molecule has 0 aliphatic rings. The molecule has 0 saturated carbocycles. The summed E-state index contributed by atoms with van der Waals surface area (Å²) in [6.45, 7) is 4.22. The highest BCUT2D eigenvalue weighted by atomic mass is 19.1. The summed E-state index contributed by atoms with van der Waals surface area (Å²) < 4.78 is 19.6. The van der Waals surface area contributed by atoms with Gasteiger partial charge < -0.3 is 9.42 Å². The van der Waals surface area contributed by atoms with E-state index in [1.165, 1.54) is 6.07 Å². The Morgan fingerprint density at radius 3 is 2.50 bits per heavy atom. The summed E-state index contributed by atoms with van der Waals surface area (Å²) in [7, 11) is 0. The van der Waals surface area contributed by atoms with Crippen LogP contribution >= 0.6 is 0 Å². The van der Waals surface area contributed by atoms with Crippen LogP contribution in [0.2, 0.25) is 0 Å². The molecule has 0 atom stereocenters. The molecule has 6 nitrogen and oxygen atoms in total. The Hall–Kier alpha value is -3.87. The van der Waals surface area contributed by atoms with Gasteiger partial charge in [-0.2, -0.15) is 0 Å². The molecule has 0 aliphatic carbocycles. The minimum atomic E-state index is -0.392. The highest BCUT2D eigenvalue weighted by Crippen LogP contribution is 2.25. The van der Waals surface area contributed by atoms with Crippen LogP contribution in [0.15, 0.2) is 71.4 Å². The molecule has 0 saturated heterocycles. The van der Waals surface area contributed by atoms with Crippen molar-refractivity contribution in [3.63, 3.8) is 0 Å². The first-order valence-corrected chi connectivity index (χ1v) is 10.3. The van der Waals surface area contributed by atoms with E-state index in [1.54, 1.807) is 42.3 Å². The zero-order valence-corrected chi connectivity index (χ0v) is 18.0. The maximum atomic E-state index is 14.2. The number of aryl methyl sites for hydroxylation is 2. The van der Waals surface area contributed by atoms with Crippen LogP contribution in [0.3, 0.4) is 0 Å². The number of benzene rings is 2. The third-order valence-corrected chi connectivity index (χ3v) is 5.09. The van der Waals surface area contributed by atoms with Crippen LogP contribution in [0.4, 0.5) is 4.39 Å². The molecule has 4 aromatic rings. The van der Waals surface area contributed by atoms with Gasteiger partial charge in [0.2, 0.25) is 5.91 Å². The molecule has 162 valence electrons. The summed E-state index contributed by atoms with van der Waals surface area (Å²) in [5, 5.41) is 3.95. The molecule has 0 radical (unpaired) electrons. The summed E-state index contributed by atoms with van der Waals surface area (Å²) in [6, 6.07) is 17.8. The molecule has 2 heterocycles. The van der Waals surface area contributed by atoms with E-state index in [0.717, 1.165) is 11.3 Å². The van der Waals surface area contributed by atoms with Crippen LogP contribution < -0.4 is 0 Å². The molecule has 7 heteroatoms. The van der Waals surface area contributed by atoms with Crippen LogP contribution in [-0.2, 0) is 24.3 Å². The zero-order valence-electron chi connectivity index (χ0n) is 18.0. The summed E-state index contributed by atoms with van der Waals surface area (Å²) in [5.74, 6) is 0.533. The number of carbonyl (C=O) groups excluding carboxylic acids is 1. The van der Waals surface area contributed by atoms with Crippen molar-refractivity contribution in [2.24, 2.45) is 0 Å². The predicted molar refractivity (Wildman–Crippen MR) is 118 cm³/mol. The van der Waals surface area contributed by atoms with Gasteiger partial charge in [0.15, 0.2) is 5.76 Å². The summed E-state index contributed by atoms with van der Waals surface area (Å²) >= 11 is 0. The lowest BCUT2D eigenvalue weighted by Gasteiger charge is -2.24. The normalized spacial score (nSPS) is 10.8. The van der Waals surface area contributed by atoms with Crippen molar-refractivity contribution >= 4 is 5.91 Å². The lowest BCUT2D eigenvalue weighted by molar-refractivity contribution is -0.131. The fraction of sp³-hybridized carbons (Fsp3) is 0.200. The van der Waals surface area contributed by atoms with Crippen LogP contribution in [-0.4, -0.2) is 25.9 Å². The average molecular weight is 430 g/mol. The van der Waals surface area contributed by atoms with Gasteiger partial charge in [-0.15, -0.1) is 0 Å². The standard InChI is InChI=1S/C25H23FN4O2/c1-17-12-24(32-29-17)21-14-27-18(2)28-23(21)16-30(15-19-8-4-3-5-9-19)25(31)13-20-10-6-7-11-22(20)26/h3-12,14H,13,15-16H2,1-2H3. The number of aromatic nitrogens is 3. The molecular formula is C25H23FN4O2. The Morgan fingerprint density at radius 1 is 1.03 bits per heavy atom. The molecule has 0 aliphatic heterocycles. The van der Waals surface area contributed by atoms with Gasteiger partial charge in [0.1, 0.15) is 11.6 Å².